The average Bonchev–Trinajstić information content (AvgIpc) is 3.55. The van der Waals surface area contributed by atoms with Gasteiger partial charge in [-0.25, -0.2) is 0 Å². The summed E-state index contributed by atoms with van der Waals surface area (Å²) in [7, 11) is 0. The monoisotopic (exact) mass is 475 g/mol. The van der Waals surface area contributed by atoms with E-state index in [0.29, 0.717) is 35.8 Å². The Kier molecular flexibility index (Phi) is 7.37. The molecular weight excluding hydrogens is 450 g/mol. The molecule has 2 aromatic carbocycles. The van der Waals surface area contributed by atoms with E-state index in [9.17, 15) is 19.7 Å². The summed E-state index contributed by atoms with van der Waals surface area (Å²) in [6.07, 6.45) is 3.18. The van der Waals surface area contributed by atoms with Gasteiger partial charge >= 0.3 is 0 Å². The minimum atomic E-state index is -0.482. The lowest BCUT2D eigenvalue weighted by molar-refractivity contribution is -0.384. The van der Waals surface area contributed by atoms with Crippen LogP contribution in [0.15, 0.2) is 70.8 Å². The highest BCUT2D eigenvalue weighted by molar-refractivity contribution is 6.05. The van der Waals surface area contributed by atoms with Gasteiger partial charge in [-0.3, -0.25) is 19.7 Å². The van der Waals surface area contributed by atoms with Gasteiger partial charge in [0.1, 0.15) is 17.2 Å². The molecule has 4 rings (SSSR count). The van der Waals surface area contributed by atoms with E-state index < -0.39 is 16.7 Å². The summed E-state index contributed by atoms with van der Waals surface area (Å²) in [5.74, 6) is -0.217. The average molecular weight is 476 g/mol. The number of carbonyl (C=O) groups is 2. The smallest absolute Gasteiger partial charge is 0.270 e. The largest absolute Gasteiger partial charge is 0.457 e. The first-order chi connectivity index (χ1) is 16.9. The Labute approximate surface area is 201 Å². The molecule has 2 N–H and O–H groups in total. The van der Waals surface area contributed by atoms with Gasteiger partial charge in [0.05, 0.1) is 11.0 Å². The summed E-state index contributed by atoms with van der Waals surface area (Å²) in [5, 5.41) is 16.6. The molecule has 3 aromatic rings. The molecule has 1 fully saturated rings. The van der Waals surface area contributed by atoms with E-state index in [0.717, 1.165) is 18.4 Å². The van der Waals surface area contributed by atoms with Crippen molar-refractivity contribution in [3.63, 3.8) is 0 Å². The van der Waals surface area contributed by atoms with E-state index in [1.807, 2.05) is 19.1 Å². The first kappa shape index (κ1) is 23.9. The molecule has 0 saturated carbocycles. The lowest BCUT2D eigenvalue weighted by Gasteiger charge is -2.13. The lowest BCUT2D eigenvalue weighted by atomic mass is 10.1. The quantitative estimate of drug-likeness (QED) is 0.285. The van der Waals surface area contributed by atoms with Crippen LogP contribution in [0.4, 0.5) is 5.69 Å². The van der Waals surface area contributed by atoms with Gasteiger partial charge in [0, 0.05) is 42.5 Å². The Bertz CT molecular complexity index is 1260. The Morgan fingerprint density at radius 2 is 1.94 bits per heavy atom. The number of nitrogens with one attached hydrogen (secondary N) is 2. The van der Waals surface area contributed by atoms with Crippen molar-refractivity contribution >= 4 is 23.6 Å². The molecule has 9 nitrogen and oxygen atoms in total. The van der Waals surface area contributed by atoms with Crippen LogP contribution >= 0.6 is 0 Å². The molecule has 180 valence electrons. The minimum Gasteiger partial charge on any atom is -0.457 e. The number of aryl methyl sites for hydroxylation is 1. The van der Waals surface area contributed by atoms with E-state index in [2.05, 4.69) is 10.6 Å². The molecule has 1 aliphatic heterocycles. The van der Waals surface area contributed by atoms with Crippen molar-refractivity contribution in [2.24, 2.45) is 0 Å². The van der Waals surface area contributed by atoms with E-state index >= 15 is 0 Å². The van der Waals surface area contributed by atoms with Crippen molar-refractivity contribution in [1.82, 2.24) is 10.6 Å². The third-order valence-corrected chi connectivity index (χ3v) is 5.58. The van der Waals surface area contributed by atoms with Gasteiger partial charge in [0.15, 0.2) is 0 Å². The SMILES string of the molecule is Cc1ccc(C(=O)N/C(=C/c2ccc(-c3cccc([N+](=O)[O-])c3)o2)C(=O)NC[C@H]2CCCO2)cc1. The van der Waals surface area contributed by atoms with Gasteiger partial charge in [0.25, 0.3) is 17.5 Å². The molecule has 0 radical (unpaired) electrons. The Balaban J connectivity index is 1.57. The van der Waals surface area contributed by atoms with Crippen LogP contribution in [0, 0.1) is 17.0 Å². The van der Waals surface area contributed by atoms with Crippen LogP contribution in [0.25, 0.3) is 17.4 Å². The molecule has 0 aliphatic carbocycles. The minimum absolute atomic E-state index is 0.00788. The zero-order valence-electron chi connectivity index (χ0n) is 19.2. The molecule has 9 heteroatoms. The number of non-ortho nitro benzene ring substituents is 1. The fraction of sp³-hybridized carbons (Fsp3) is 0.231. The number of nitrogens with zero attached hydrogens (tertiary/aromatic N) is 1. The van der Waals surface area contributed by atoms with Crippen LogP contribution < -0.4 is 10.6 Å². The summed E-state index contributed by atoms with van der Waals surface area (Å²) in [4.78, 5) is 36.3. The number of hydrogen-bond acceptors (Lipinski definition) is 6. The van der Waals surface area contributed by atoms with E-state index in [1.165, 1.54) is 18.2 Å². The van der Waals surface area contributed by atoms with Crippen LogP contribution in [0.2, 0.25) is 0 Å². The second-order valence-electron chi connectivity index (χ2n) is 8.23. The van der Waals surface area contributed by atoms with Crippen molar-refractivity contribution < 1.29 is 23.7 Å². The zero-order chi connectivity index (χ0) is 24.8. The molecule has 2 heterocycles. The second-order valence-corrected chi connectivity index (χ2v) is 8.23. The number of benzene rings is 2. The summed E-state index contributed by atoms with van der Waals surface area (Å²) in [5.41, 5.74) is 1.89. The molecule has 1 saturated heterocycles. The predicted molar refractivity (Wildman–Crippen MR) is 129 cm³/mol. The van der Waals surface area contributed by atoms with Gasteiger partial charge < -0.3 is 19.8 Å². The molecule has 0 unspecified atom stereocenters. The van der Waals surface area contributed by atoms with Crippen LogP contribution in [-0.4, -0.2) is 36.0 Å². The highest BCUT2D eigenvalue weighted by atomic mass is 16.6. The topological polar surface area (TPSA) is 124 Å². The molecule has 2 amide bonds. The summed E-state index contributed by atoms with van der Waals surface area (Å²) < 4.78 is 11.4. The predicted octanol–water partition coefficient (Wildman–Crippen LogP) is 4.23. The van der Waals surface area contributed by atoms with Gasteiger partial charge in [-0.05, 0) is 44.0 Å². The number of amides is 2. The number of nitro benzene ring substituents is 1. The number of nitro groups is 1. The van der Waals surface area contributed by atoms with Crippen molar-refractivity contribution in [2.45, 2.75) is 25.9 Å². The molecule has 1 atom stereocenters. The van der Waals surface area contributed by atoms with Crippen LogP contribution in [0.3, 0.4) is 0 Å². The van der Waals surface area contributed by atoms with Crippen molar-refractivity contribution in [1.29, 1.82) is 0 Å². The molecule has 0 bridgehead atoms. The fourth-order valence-electron chi connectivity index (χ4n) is 3.67. The van der Waals surface area contributed by atoms with Gasteiger partial charge in [0.2, 0.25) is 0 Å². The summed E-state index contributed by atoms with van der Waals surface area (Å²) in [6, 6.07) is 16.3. The third-order valence-electron chi connectivity index (χ3n) is 5.58. The standard InChI is InChI=1S/C26H25N3O6/c1-17-7-9-18(10-8-17)25(30)28-23(26(31)27-16-22-6-3-13-34-22)15-21-11-12-24(35-21)19-4-2-5-20(14-19)29(32)33/h2,4-5,7-12,14-15,22H,3,6,13,16H2,1H3,(H,27,31)(H,28,30)/b23-15+/t22-/m1/s1. The van der Waals surface area contributed by atoms with Crippen LogP contribution in [0.1, 0.15) is 34.5 Å². The highest BCUT2D eigenvalue weighted by Gasteiger charge is 2.20. The molecular formula is C26H25N3O6. The number of hydrogen-bond donors (Lipinski definition) is 2. The summed E-state index contributed by atoms with van der Waals surface area (Å²) >= 11 is 0. The van der Waals surface area contributed by atoms with Gasteiger partial charge in [-0.15, -0.1) is 0 Å². The van der Waals surface area contributed by atoms with E-state index in [-0.39, 0.29) is 17.5 Å². The first-order valence-corrected chi connectivity index (χ1v) is 11.2. The highest BCUT2D eigenvalue weighted by Crippen LogP contribution is 2.26. The molecule has 1 aromatic heterocycles. The van der Waals surface area contributed by atoms with Crippen molar-refractivity contribution in [3.05, 3.63) is 93.4 Å². The second kappa shape index (κ2) is 10.8. The summed E-state index contributed by atoms with van der Waals surface area (Å²) in [6.45, 7) is 2.91. The Morgan fingerprint density at radius 1 is 1.14 bits per heavy atom. The Morgan fingerprint density at radius 3 is 2.66 bits per heavy atom. The van der Waals surface area contributed by atoms with Crippen molar-refractivity contribution in [3.8, 4) is 11.3 Å². The van der Waals surface area contributed by atoms with Crippen LogP contribution in [0.5, 0.6) is 0 Å². The van der Waals surface area contributed by atoms with Gasteiger partial charge in [-0.2, -0.15) is 0 Å². The van der Waals surface area contributed by atoms with E-state index in [4.69, 9.17) is 9.15 Å². The molecule has 1 aliphatic rings. The van der Waals surface area contributed by atoms with Gasteiger partial charge in [-0.1, -0.05) is 29.8 Å². The maximum atomic E-state index is 13.0. The first-order valence-electron chi connectivity index (χ1n) is 11.2. The maximum Gasteiger partial charge on any atom is 0.270 e. The van der Waals surface area contributed by atoms with E-state index in [1.54, 1.807) is 36.4 Å². The Hall–Kier alpha value is -4.24. The van der Waals surface area contributed by atoms with Crippen molar-refractivity contribution in [2.75, 3.05) is 13.2 Å². The number of ether oxygens (including phenoxy) is 1. The fourth-order valence-corrected chi connectivity index (χ4v) is 3.67. The maximum absolute atomic E-state index is 13.0. The molecule has 35 heavy (non-hydrogen) atoms. The van der Waals surface area contributed by atoms with Crippen LogP contribution in [-0.2, 0) is 9.53 Å². The zero-order valence-corrected chi connectivity index (χ0v) is 19.2. The number of rotatable bonds is 8. The molecule has 0 spiro atoms. The normalized spacial score (nSPS) is 15.6. The third kappa shape index (κ3) is 6.21. The number of furan rings is 1. The lowest BCUT2D eigenvalue weighted by Crippen LogP contribution is -2.38. The number of carbonyl (C=O) groups excluding carboxylic acids is 2.